The second-order valence-corrected chi connectivity index (χ2v) is 7.25. The molecule has 1 aliphatic carbocycles. The van der Waals surface area contributed by atoms with E-state index in [2.05, 4.69) is 47.7 Å². The summed E-state index contributed by atoms with van der Waals surface area (Å²) in [5, 5.41) is 0. The van der Waals surface area contributed by atoms with Gasteiger partial charge >= 0.3 is 0 Å². The monoisotopic (exact) mass is 343 g/mol. The van der Waals surface area contributed by atoms with E-state index in [0.29, 0.717) is 0 Å². The Labute approximate surface area is 150 Å². The third-order valence-corrected chi connectivity index (χ3v) is 5.53. The van der Waals surface area contributed by atoms with Crippen LogP contribution in [0.25, 0.3) is 11.4 Å². The van der Waals surface area contributed by atoms with Gasteiger partial charge in [-0.15, -0.1) is 0 Å². The fourth-order valence-corrected chi connectivity index (χ4v) is 4.05. The van der Waals surface area contributed by atoms with Gasteiger partial charge in [0, 0.05) is 24.5 Å². The maximum atomic E-state index is 5.65. The molecule has 136 valence electrons. The summed E-state index contributed by atoms with van der Waals surface area (Å²) in [6, 6.07) is 4.12. The number of methoxy groups -OCH3 is 2. The van der Waals surface area contributed by atoms with Crippen LogP contribution in [0, 0.1) is 6.92 Å². The van der Waals surface area contributed by atoms with Crippen LogP contribution in [-0.4, -0.2) is 48.3 Å². The van der Waals surface area contributed by atoms with Crippen molar-refractivity contribution < 1.29 is 9.47 Å². The van der Waals surface area contributed by atoms with E-state index in [1.54, 1.807) is 14.2 Å². The Morgan fingerprint density at radius 2 is 1.88 bits per heavy atom. The Balaban J connectivity index is 2.04. The van der Waals surface area contributed by atoms with Gasteiger partial charge in [-0.2, -0.15) is 0 Å². The quantitative estimate of drug-likeness (QED) is 0.801. The van der Waals surface area contributed by atoms with E-state index >= 15 is 0 Å². The average Bonchev–Trinajstić information content (AvgIpc) is 3.24. The van der Waals surface area contributed by atoms with Crippen molar-refractivity contribution in [1.29, 1.82) is 0 Å². The predicted molar refractivity (Wildman–Crippen MR) is 100 cm³/mol. The van der Waals surface area contributed by atoms with Crippen molar-refractivity contribution in [2.75, 3.05) is 28.3 Å². The lowest BCUT2D eigenvalue weighted by Gasteiger charge is -2.37. The molecule has 0 unspecified atom stereocenters. The van der Waals surface area contributed by atoms with Gasteiger partial charge in [-0.25, -0.2) is 4.98 Å². The minimum Gasteiger partial charge on any atom is -0.493 e. The number of hydrogen-bond donors (Lipinski definition) is 0. The molecule has 1 fully saturated rings. The fourth-order valence-electron chi connectivity index (χ4n) is 4.05. The number of imidazole rings is 1. The molecule has 1 aromatic carbocycles. The third-order valence-electron chi connectivity index (χ3n) is 5.53. The number of rotatable bonds is 6. The van der Waals surface area contributed by atoms with E-state index in [9.17, 15) is 0 Å². The van der Waals surface area contributed by atoms with Gasteiger partial charge in [0.15, 0.2) is 11.5 Å². The van der Waals surface area contributed by atoms with E-state index in [4.69, 9.17) is 9.47 Å². The van der Waals surface area contributed by atoms with Crippen LogP contribution in [0.5, 0.6) is 11.5 Å². The summed E-state index contributed by atoms with van der Waals surface area (Å²) in [7, 11) is 7.74. The van der Waals surface area contributed by atoms with Crippen LogP contribution in [0.15, 0.2) is 24.5 Å². The van der Waals surface area contributed by atoms with E-state index < -0.39 is 0 Å². The molecular weight excluding hydrogens is 314 g/mol. The first-order valence-corrected chi connectivity index (χ1v) is 8.92. The molecule has 0 bridgehead atoms. The molecule has 5 heteroatoms. The summed E-state index contributed by atoms with van der Waals surface area (Å²) in [6.45, 7) is 3.01. The molecule has 0 aliphatic heterocycles. The lowest BCUT2D eigenvalue weighted by Crippen LogP contribution is -2.45. The number of hydrogen-bond acceptors (Lipinski definition) is 4. The maximum Gasteiger partial charge on any atom is 0.171 e. The Morgan fingerprint density at radius 3 is 2.48 bits per heavy atom. The van der Waals surface area contributed by atoms with Gasteiger partial charge in [0.1, 0.15) is 5.82 Å². The average molecular weight is 343 g/mol. The second kappa shape index (κ2) is 7.08. The smallest absolute Gasteiger partial charge is 0.171 e. The summed E-state index contributed by atoms with van der Waals surface area (Å²) >= 11 is 0. The van der Waals surface area contributed by atoms with E-state index in [1.807, 2.05) is 12.3 Å². The highest BCUT2D eigenvalue weighted by Crippen LogP contribution is 2.40. The highest BCUT2D eigenvalue weighted by molar-refractivity contribution is 5.70. The second-order valence-electron chi connectivity index (χ2n) is 7.25. The van der Waals surface area contributed by atoms with Crippen LogP contribution in [0.1, 0.15) is 31.2 Å². The van der Waals surface area contributed by atoms with Crippen molar-refractivity contribution in [2.45, 2.75) is 44.7 Å². The van der Waals surface area contributed by atoms with Gasteiger partial charge in [0.05, 0.1) is 19.8 Å². The topological polar surface area (TPSA) is 39.5 Å². The highest BCUT2D eigenvalue weighted by atomic mass is 16.5. The predicted octanol–water partition coefficient (Wildman–Crippen LogP) is 3.75. The van der Waals surface area contributed by atoms with Crippen LogP contribution in [0.2, 0.25) is 0 Å². The van der Waals surface area contributed by atoms with Gasteiger partial charge in [0.2, 0.25) is 0 Å². The molecular formula is C20H29N3O2. The van der Waals surface area contributed by atoms with Gasteiger partial charge in [-0.05, 0) is 51.6 Å². The molecule has 0 saturated heterocycles. The van der Waals surface area contributed by atoms with Gasteiger partial charge in [0.25, 0.3) is 0 Å². The Kier molecular flexibility index (Phi) is 5.04. The molecule has 1 aromatic heterocycles. The van der Waals surface area contributed by atoms with Crippen LogP contribution in [-0.2, 0) is 6.54 Å². The minimum atomic E-state index is 0.205. The molecule has 25 heavy (non-hydrogen) atoms. The Hall–Kier alpha value is -2.01. The molecule has 0 amide bonds. The summed E-state index contributed by atoms with van der Waals surface area (Å²) in [6.07, 6.45) is 9.00. The van der Waals surface area contributed by atoms with Gasteiger partial charge < -0.3 is 18.9 Å². The lowest BCUT2D eigenvalue weighted by atomic mass is 9.95. The van der Waals surface area contributed by atoms with Crippen LogP contribution >= 0.6 is 0 Å². The molecule has 0 radical (unpaired) electrons. The molecule has 1 aliphatic rings. The number of aryl methyl sites for hydroxylation is 1. The molecule has 3 rings (SSSR count). The zero-order chi connectivity index (χ0) is 18.0. The van der Waals surface area contributed by atoms with Crippen LogP contribution in [0.3, 0.4) is 0 Å². The first kappa shape index (κ1) is 17.8. The molecule has 0 N–H and O–H groups in total. The van der Waals surface area contributed by atoms with Gasteiger partial charge in [-0.3, -0.25) is 0 Å². The SMILES string of the molecule is COc1cc(C)cc(-c2nccn2CC2(N(C)C)CCCC2)c1OC. The van der Waals surface area contributed by atoms with Gasteiger partial charge in [-0.1, -0.05) is 12.8 Å². The van der Waals surface area contributed by atoms with Crippen molar-refractivity contribution in [3.63, 3.8) is 0 Å². The number of likely N-dealkylation sites (N-methyl/N-ethyl adjacent to an activating group) is 1. The lowest BCUT2D eigenvalue weighted by molar-refractivity contribution is 0.134. The maximum absolute atomic E-state index is 5.65. The third kappa shape index (κ3) is 3.25. The van der Waals surface area contributed by atoms with Crippen molar-refractivity contribution in [3.05, 3.63) is 30.1 Å². The molecule has 5 nitrogen and oxygen atoms in total. The fraction of sp³-hybridized carbons (Fsp3) is 0.550. The molecule has 2 aromatic rings. The first-order chi connectivity index (χ1) is 12.0. The van der Waals surface area contributed by atoms with Crippen LogP contribution < -0.4 is 9.47 Å². The summed E-state index contributed by atoms with van der Waals surface area (Å²) in [4.78, 5) is 7.04. The standard InChI is InChI=1S/C20H29N3O2/c1-15-12-16(18(25-5)17(13-15)24-4)19-21-10-11-23(19)14-20(22(2)3)8-6-7-9-20/h10-13H,6-9,14H2,1-5H3. The van der Waals surface area contributed by atoms with E-state index in [-0.39, 0.29) is 5.54 Å². The zero-order valence-corrected chi connectivity index (χ0v) is 16.0. The van der Waals surface area contributed by atoms with Crippen molar-refractivity contribution in [1.82, 2.24) is 14.5 Å². The normalized spacial score (nSPS) is 16.4. The van der Waals surface area contributed by atoms with Crippen molar-refractivity contribution >= 4 is 0 Å². The minimum absolute atomic E-state index is 0.205. The molecule has 1 heterocycles. The number of nitrogens with zero attached hydrogens (tertiary/aromatic N) is 3. The molecule has 0 spiro atoms. The number of aromatic nitrogens is 2. The van der Waals surface area contributed by atoms with E-state index in [1.165, 1.54) is 25.7 Å². The summed E-state index contributed by atoms with van der Waals surface area (Å²) < 4.78 is 13.4. The molecule has 1 saturated carbocycles. The summed E-state index contributed by atoms with van der Waals surface area (Å²) in [5.74, 6) is 2.42. The number of ether oxygens (including phenoxy) is 2. The highest BCUT2D eigenvalue weighted by Gasteiger charge is 2.37. The largest absolute Gasteiger partial charge is 0.493 e. The van der Waals surface area contributed by atoms with Crippen molar-refractivity contribution in [2.24, 2.45) is 0 Å². The first-order valence-electron chi connectivity index (χ1n) is 8.92. The Morgan fingerprint density at radius 1 is 1.16 bits per heavy atom. The summed E-state index contributed by atoms with van der Waals surface area (Å²) in [5.41, 5.74) is 2.32. The Bertz CT molecular complexity index is 731. The number of benzene rings is 1. The van der Waals surface area contributed by atoms with Crippen LogP contribution in [0.4, 0.5) is 0 Å². The molecule has 0 atom stereocenters. The van der Waals surface area contributed by atoms with E-state index in [0.717, 1.165) is 35.0 Å². The van der Waals surface area contributed by atoms with Crippen molar-refractivity contribution in [3.8, 4) is 22.9 Å². The zero-order valence-electron chi connectivity index (χ0n) is 16.0.